The quantitative estimate of drug-likeness (QED) is 0.190. The molecule has 0 aromatic heterocycles. The molecule has 208 valence electrons. The number of imide groups is 1. The number of carbonyl (C=O) groups excluding carboxylic acids is 3. The number of benzene rings is 4. The molecule has 42 heavy (non-hydrogen) atoms. The van der Waals surface area contributed by atoms with Crippen LogP contribution in [-0.2, 0) is 19.1 Å². The van der Waals surface area contributed by atoms with Gasteiger partial charge in [0.05, 0.1) is 23.6 Å². The maximum atomic E-state index is 14.4. The lowest BCUT2D eigenvalue weighted by Gasteiger charge is -2.36. The minimum absolute atomic E-state index is 0.280. The van der Waals surface area contributed by atoms with E-state index in [1.807, 2.05) is 102 Å². The Morgan fingerprint density at radius 1 is 0.738 bits per heavy atom. The zero-order valence-corrected chi connectivity index (χ0v) is 23.7. The second-order valence-electron chi connectivity index (χ2n) is 10.6. The van der Waals surface area contributed by atoms with Crippen LogP contribution in [0.4, 0.5) is 11.4 Å². The third-order valence-electron chi connectivity index (χ3n) is 8.20. The molecular formula is C34H24Cl2N2O4. The molecule has 0 bridgehead atoms. The number of fused-ring (bicyclic) bond motifs is 5. The number of carbonyl (C=O) groups is 3. The van der Waals surface area contributed by atoms with Crippen LogP contribution in [0.1, 0.15) is 22.8 Å². The predicted molar refractivity (Wildman–Crippen MR) is 162 cm³/mol. The summed E-state index contributed by atoms with van der Waals surface area (Å²) in [5.41, 5.74) is 3.54. The summed E-state index contributed by atoms with van der Waals surface area (Å²) in [4.78, 5) is 45.6. The fourth-order valence-electron chi connectivity index (χ4n) is 6.48. The highest BCUT2D eigenvalue weighted by Gasteiger charge is 2.65. The van der Waals surface area contributed by atoms with Gasteiger partial charge in [-0.05, 0) is 41.0 Å². The summed E-state index contributed by atoms with van der Waals surface area (Å²) in [7, 11) is 0. The lowest BCUT2D eigenvalue weighted by Crippen LogP contribution is -2.49. The molecule has 3 heterocycles. The van der Waals surface area contributed by atoms with Gasteiger partial charge >= 0.3 is 5.97 Å². The van der Waals surface area contributed by atoms with E-state index in [1.54, 1.807) is 0 Å². The Morgan fingerprint density at radius 3 is 1.95 bits per heavy atom. The number of halogens is 2. The van der Waals surface area contributed by atoms with E-state index in [1.165, 1.54) is 18.2 Å². The van der Waals surface area contributed by atoms with E-state index in [0.29, 0.717) is 10.0 Å². The number of hydrogen-bond acceptors (Lipinski definition) is 5. The van der Waals surface area contributed by atoms with Crippen molar-refractivity contribution in [1.82, 2.24) is 0 Å². The van der Waals surface area contributed by atoms with Crippen LogP contribution in [0, 0.1) is 11.8 Å². The van der Waals surface area contributed by atoms with Gasteiger partial charge in [-0.2, -0.15) is 0 Å². The van der Waals surface area contributed by atoms with Crippen molar-refractivity contribution in [2.45, 2.75) is 18.2 Å². The molecule has 0 saturated carbocycles. The number of rotatable bonds is 5. The Bertz CT molecular complexity index is 1680. The van der Waals surface area contributed by atoms with Gasteiger partial charge in [-0.15, -0.1) is 0 Å². The van der Waals surface area contributed by atoms with Gasteiger partial charge in [0.2, 0.25) is 11.8 Å². The van der Waals surface area contributed by atoms with Gasteiger partial charge in [0, 0.05) is 15.7 Å². The first-order chi connectivity index (χ1) is 20.4. The monoisotopic (exact) mass is 594 g/mol. The van der Waals surface area contributed by atoms with Crippen molar-refractivity contribution >= 4 is 58.4 Å². The molecule has 2 saturated heterocycles. The molecule has 4 aromatic rings. The fourth-order valence-corrected chi connectivity index (χ4v) is 6.99. The molecule has 7 rings (SSSR count). The van der Waals surface area contributed by atoms with Gasteiger partial charge in [0.1, 0.15) is 6.04 Å². The van der Waals surface area contributed by atoms with E-state index in [4.69, 9.17) is 27.9 Å². The van der Waals surface area contributed by atoms with Crippen LogP contribution in [0.5, 0.6) is 0 Å². The topological polar surface area (TPSA) is 66.9 Å². The van der Waals surface area contributed by atoms with Gasteiger partial charge < -0.3 is 9.64 Å². The highest BCUT2D eigenvalue weighted by Crippen LogP contribution is 2.50. The SMILES string of the molecule is O=C(OC(c1ccccc1)c1ccccc1)[C@@H]1[C@@H]2C(=O)N(c3cc(Cl)cc(Cl)c3)C(=O)[C@H]2[C@@H]2C=Cc3ccccc3N12. The summed E-state index contributed by atoms with van der Waals surface area (Å²) in [6.07, 6.45) is 3.14. The molecule has 3 aliphatic rings. The number of hydrogen-bond donors (Lipinski definition) is 0. The van der Waals surface area contributed by atoms with Crippen molar-refractivity contribution in [3.63, 3.8) is 0 Å². The third kappa shape index (κ3) is 4.30. The van der Waals surface area contributed by atoms with Crippen LogP contribution in [0.3, 0.4) is 0 Å². The Morgan fingerprint density at radius 2 is 1.31 bits per heavy atom. The first-order valence-corrected chi connectivity index (χ1v) is 14.4. The first-order valence-electron chi connectivity index (χ1n) is 13.6. The number of esters is 1. The lowest BCUT2D eigenvalue weighted by molar-refractivity contribution is -0.151. The minimum atomic E-state index is -1.04. The van der Waals surface area contributed by atoms with Crippen molar-refractivity contribution in [2.75, 3.05) is 9.80 Å². The van der Waals surface area contributed by atoms with E-state index in [-0.39, 0.29) is 5.69 Å². The van der Waals surface area contributed by atoms with Crippen molar-refractivity contribution in [3.8, 4) is 0 Å². The van der Waals surface area contributed by atoms with E-state index < -0.39 is 47.8 Å². The van der Waals surface area contributed by atoms with Crippen molar-refractivity contribution < 1.29 is 19.1 Å². The van der Waals surface area contributed by atoms with Crippen molar-refractivity contribution in [1.29, 1.82) is 0 Å². The molecule has 6 nitrogen and oxygen atoms in total. The minimum Gasteiger partial charge on any atom is -0.451 e. The Hall–Kier alpha value is -4.39. The maximum absolute atomic E-state index is 14.4. The van der Waals surface area contributed by atoms with E-state index in [0.717, 1.165) is 27.3 Å². The van der Waals surface area contributed by atoms with Gasteiger partial charge in [-0.3, -0.25) is 9.59 Å². The van der Waals surface area contributed by atoms with Crippen molar-refractivity contribution in [2.24, 2.45) is 11.8 Å². The smallest absolute Gasteiger partial charge is 0.330 e. The molecule has 0 radical (unpaired) electrons. The average Bonchev–Trinajstić information content (AvgIpc) is 3.48. The largest absolute Gasteiger partial charge is 0.451 e. The Kier molecular flexibility index (Phi) is 6.60. The second kappa shape index (κ2) is 10.5. The van der Waals surface area contributed by atoms with Crippen LogP contribution in [0.25, 0.3) is 6.08 Å². The van der Waals surface area contributed by atoms with Crippen LogP contribution in [0.2, 0.25) is 10.0 Å². The highest BCUT2D eigenvalue weighted by molar-refractivity contribution is 6.36. The number of anilines is 2. The summed E-state index contributed by atoms with van der Waals surface area (Å²) in [6.45, 7) is 0. The molecule has 4 atom stereocenters. The molecule has 0 spiro atoms. The molecule has 0 aliphatic carbocycles. The molecule has 3 aliphatic heterocycles. The Labute approximate surface area is 252 Å². The van der Waals surface area contributed by atoms with Crippen LogP contribution in [0.15, 0.2) is 109 Å². The molecule has 0 N–H and O–H groups in total. The number of amides is 2. The lowest BCUT2D eigenvalue weighted by atomic mass is 9.88. The summed E-state index contributed by atoms with van der Waals surface area (Å²) in [5.74, 6) is -3.25. The van der Waals surface area contributed by atoms with Gasteiger partial charge in [-0.1, -0.05) is 114 Å². The van der Waals surface area contributed by atoms with E-state index in [2.05, 4.69) is 0 Å². The summed E-state index contributed by atoms with van der Waals surface area (Å²) in [5, 5.41) is 0.598. The van der Waals surface area contributed by atoms with Crippen LogP contribution >= 0.6 is 23.2 Å². The zero-order chi connectivity index (χ0) is 29.0. The second-order valence-corrected chi connectivity index (χ2v) is 11.5. The predicted octanol–water partition coefficient (Wildman–Crippen LogP) is 6.72. The van der Waals surface area contributed by atoms with Crippen LogP contribution < -0.4 is 9.80 Å². The standard InChI is InChI=1S/C34H24Cl2N2O4/c35-23-17-24(36)19-25(18-23)37-32(39)28-27-16-15-20-9-7-8-14-26(20)38(27)30(29(28)33(37)40)34(41)42-31(21-10-3-1-4-11-21)22-12-5-2-6-13-22/h1-19,27-31H/t27-,28-,29+,30-/m0/s1. The molecule has 2 amide bonds. The van der Waals surface area contributed by atoms with Crippen LogP contribution in [-0.4, -0.2) is 29.9 Å². The van der Waals surface area contributed by atoms with E-state index in [9.17, 15) is 14.4 Å². The fraction of sp³-hybridized carbons (Fsp3) is 0.147. The van der Waals surface area contributed by atoms with Crippen molar-refractivity contribution in [3.05, 3.63) is 136 Å². The first kappa shape index (κ1) is 26.5. The molecule has 8 heteroatoms. The molecular weight excluding hydrogens is 571 g/mol. The number of para-hydroxylation sites is 1. The zero-order valence-electron chi connectivity index (χ0n) is 22.1. The van der Waals surface area contributed by atoms with Gasteiger partial charge in [0.25, 0.3) is 0 Å². The average molecular weight is 595 g/mol. The number of ether oxygens (including phenoxy) is 1. The highest BCUT2D eigenvalue weighted by atomic mass is 35.5. The van der Waals surface area contributed by atoms with E-state index >= 15 is 0 Å². The number of nitrogens with zero attached hydrogens (tertiary/aromatic N) is 2. The molecule has 4 aromatic carbocycles. The summed E-state index contributed by atoms with van der Waals surface area (Å²) in [6, 6.07) is 29.6. The maximum Gasteiger partial charge on any atom is 0.330 e. The molecule has 2 fully saturated rings. The van der Waals surface area contributed by atoms with Gasteiger partial charge in [-0.25, -0.2) is 9.69 Å². The summed E-state index contributed by atoms with van der Waals surface area (Å²) < 4.78 is 6.31. The van der Waals surface area contributed by atoms with Gasteiger partial charge in [0.15, 0.2) is 6.10 Å². The third-order valence-corrected chi connectivity index (χ3v) is 8.64. The Balaban J connectivity index is 1.32. The molecule has 0 unspecified atom stereocenters. The normalized spacial score (nSPS) is 22.3. The summed E-state index contributed by atoms with van der Waals surface area (Å²) >= 11 is 12.5.